The van der Waals surface area contributed by atoms with Gasteiger partial charge in [-0.1, -0.05) is 18.2 Å². The van der Waals surface area contributed by atoms with Crippen molar-refractivity contribution in [3.8, 4) is 0 Å². The second kappa shape index (κ2) is 6.06. The quantitative estimate of drug-likeness (QED) is 0.870. The molecule has 1 fully saturated rings. The SMILES string of the molecule is Cc1cccc(C)c1NCC(=O)N1CCC(N)CC1. The zero-order valence-corrected chi connectivity index (χ0v) is 11.8. The molecule has 0 bridgehead atoms. The largest absolute Gasteiger partial charge is 0.376 e. The molecule has 4 nitrogen and oxygen atoms in total. The number of likely N-dealkylation sites (tertiary alicyclic amines) is 1. The predicted octanol–water partition coefficient (Wildman–Crippen LogP) is 1.67. The molecule has 3 N–H and O–H groups in total. The van der Waals surface area contributed by atoms with Crippen molar-refractivity contribution >= 4 is 11.6 Å². The number of nitrogens with zero attached hydrogens (tertiary/aromatic N) is 1. The van der Waals surface area contributed by atoms with E-state index in [1.165, 1.54) is 11.1 Å². The first-order chi connectivity index (χ1) is 9.08. The third-order valence-corrected chi connectivity index (χ3v) is 3.79. The summed E-state index contributed by atoms with van der Waals surface area (Å²) in [5.74, 6) is 0.162. The van der Waals surface area contributed by atoms with E-state index in [-0.39, 0.29) is 11.9 Å². The first kappa shape index (κ1) is 13.9. The Labute approximate surface area is 115 Å². The van der Waals surface area contributed by atoms with Gasteiger partial charge in [0, 0.05) is 24.8 Å². The average molecular weight is 261 g/mol. The van der Waals surface area contributed by atoms with Gasteiger partial charge in [-0.05, 0) is 37.8 Å². The van der Waals surface area contributed by atoms with Gasteiger partial charge in [-0.15, -0.1) is 0 Å². The van der Waals surface area contributed by atoms with Gasteiger partial charge in [0.15, 0.2) is 0 Å². The molecule has 2 rings (SSSR count). The van der Waals surface area contributed by atoms with Crippen molar-refractivity contribution in [1.82, 2.24) is 4.90 Å². The van der Waals surface area contributed by atoms with Gasteiger partial charge in [0.25, 0.3) is 0 Å². The van der Waals surface area contributed by atoms with Gasteiger partial charge in [-0.25, -0.2) is 0 Å². The smallest absolute Gasteiger partial charge is 0.241 e. The van der Waals surface area contributed by atoms with Crippen LogP contribution < -0.4 is 11.1 Å². The number of anilines is 1. The van der Waals surface area contributed by atoms with E-state index in [0.29, 0.717) is 6.54 Å². The molecule has 1 aromatic carbocycles. The lowest BCUT2D eigenvalue weighted by atomic mass is 10.1. The Morgan fingerprint density at radius 2 is 1.89 bits per heavy atom. The molecule has 1 heterocycles. The molecule has 1 aliphatic heterocycles. The van der Waals surface area contributed by atoms with Gasteiger partial charge in [-0.2, -0.15) is 0 Å². The van der Waals surface area contributed by atoms with E-state index < -0.39 is 0 Å². The molecule has 1 aliphatic rings. The monoisotopic (exact) mass is 261 g/mol. The Morgan fingerprint density at radius 1 is 1.32 bits per heavy atom. The number of carbonyl (C=O) groups excluding carboxylic acids is 1. The van der Waals surface area contributed by atoms with Gasteiger partial charge < -0.3 is 16.0 Å². The molecule has 0 atom stereocenters. The number of piperidine rings is 1. The molecule has 0 radical (unpaired) electrons. The lowest BCUT2D eigenvalue weighted by Gasteiger charge is -2.30. The highest BCUT2D eigenvalue weighted by molar-refractivity contribution is 5.81. The van der Waals surface area contributed by atoms with Crippen molar-refractivity contribution in [3.63, 3.8) is 0 Å². The summed E-state index contributed by atoms with van der Waals surface area (Å²) in [7, 11) is 0. The van der Waals surface area contributed by atoms with Gasteiger partial charge in [0.1, 0.15) is 0 Å². The van der Waals surface area contributed by atoms with Crippen molar-refractivity contribution in [2.75, 3.05) is 25.0 Å². The Hall–Kier alpha value is -1.55. The summed E-state index contributed by atoms with van der Waals surface area (Å²) in [5, 5.41) is 3.27. The number of amides is 1. The third kappa shape index (κ3) is 3.47. The number of hydrogen-bond acceptors (Lipinski definition) is 3. The summed E-state index contributed by atoms with van der Waals surface area (Å²) in [6, 6.07) is 6.40. The maximum atomic E-state index is 12.1. The molecule has 19 heavy (non-hydrogen) atoms. The Balaban J connectivity index is 1.90. The standard InChI is InChI=1S/C15H23N3O/c1-11-4-3-5-12(2)15(11)17-10-14(19)18-8-6-13(16)7-9-18/h3-5,13,17H,6-10,16H2,1-2H3. The van der Waals surface area contributed by atoms with Crippen molar-refractivity contribution in [2.45, 2.75) is 32.7 Å². The number of rotatable bonds is 3. The van der Waals surface area contributed by atoms with E-state index in [0.717, 1.165) is 31.6 Å². The zero-order chi connectivity index (χ0) is 13.8. The minimum absolute atomic E-state index is 0.162. The highest BCUT2D eigenvalue weighted by Gasteiger charge is 2.20. The average Bonchev–Trinajstić information content (AvgIpc) is 2.38. The van der Waals surface area contributed by atoms with E-state index in [2.05, 4.69) is 31.3 Å². The van der Waals surface area contributed by atoms with Crippen LogP contribution in [0.25, 0.3) is 0 Å². The van der Waals surface area contributed by atoms with Crippen LogP contribution in [0.15, 0.2) is 18.2 Å². The molecule has 104 valence electrons. The van der Waals surface area contributed by atoms with E-state index in [9.17, 15) is 4.79 Å². The molecule has 1 saturated heterocycles. The minimum Gasteiger partial charge on any atom is -0.376 e. The lowest BCUT2D eigenvalue weighted by Crippen LogP contribution is -2.44. The summed E-state index contributed by atoms with van der Waals surface area (Å²) in [6.07, 6.45) is 1.82. The van der Waals surface area contributed by atoms with Gasteiger partial charge in [0.05, 0.1) is 6.54 Å². The lowest BCUT2D eigenvalue weighted by molar-refractivity contribution is -0.130. The minimum atomic E-state index is 0.162. The van der Waals surface area contributed by atoms with Crippen LogP contribution in [-0.2, 0) is 4.79 Å². The van der Waals surface area contributed by atoms with Crippen molar-refractivity contribution in [2.24, 2.45) is 5.73 Å². The Morgan fingerprint density at radius 3 is 2.47 bits per heavy atom. The molecule has 0 aliphatic carbocycles. The second-order valence-corrected chi connectivity index (χ2v) is 5.34. The molecule has 4 heteroatoms. The molecule has 1 aromatic rings. The van der Waals surface area contributed by atoms with Crippen LogP contribution in [0.1, 0.15) is 24.0 Å². The fourth-order valence-electron chi connectivity index (χ4n) is 2.52. The van der Waals surface area contributed by atoms with E-state index >= 15 is 0 Å². The number of hydrogen-bond donors (Lipinski definition) is 2. The highest BCUT2D eigenvalue weighted by atomic mass is 16.2. The molecule has 0 spiro atoms. The van der Waals surface area contributed by atoms with Gasteiger partial charge >= 0.3 is 0 Å². The summed E-state index contributed by atoms with van der Waals surface area (Å²) < 4.78 is 0. The van der Waals surface area contributed by atoms with E-state index in [4.69, 9.17) is 5.73 Å². The topological polar surface area (TPSA) is 58.4 Å². The summed E-state index contributed by atoms with van der Waals surface area (Å²) in [4.78, 5) is 14.0. The van der Waals surface area contributed by atoms with Gasteiger partial charge in [-0.3, -0.25) is 4.79 Å². The number of nitrogens with two attached hydrogens (primary N) is 1. The zero-order valence-electron chi connectivity index (χ0n) is 11.8. The number of benzene rings is 1. The molecule has 0 unspecified atom stereocenters. The number of carbonyl (C=O) groups is 1. The van der Waals surface area contributed by atoms with Crippen LogP contribution in [0.4, 0.5) is 5.69 Å². The summed E-state index contributed by atoms with van der Waals surface area (Å²) in [5.41, 5.74) is 9.27. The normalized spacial score (nSPS) is 16.5. The van der Waals surface area contributed by atoms with Crippen LogP contribution >= 0.6 is 0 Å². The second-order valence-electron chi connectivity index (χ2n) is 5.34. The maximum absolute atomic E-state index is 12.1. The number of aryl methyl sites for hydroxylation is 2. The van der Waals surface area contributed by atoms with Crippen molar-refractivity contribution < 1.29 is 4.79 Å². The predicted molar refractivity (Wildman–Crippen MR) is 78.2 cm³/mol. The molecular formula is C15H23N3O. The fraction of sp³-hybridized carbons (Fsp3) is 0.533. The maximum Gasteiger partial charge on any atom is 0.241 e. The first-order valence-corrected chi connectivity index (χ1v) is 6.91. The van der Waals surface area contributed by atoms with Crippen LogP contribution in [0.3, 0.4) is 0 Å². The molecular weight excluding hydrogens is 238 g/mol. The fourth-order valence-corrected chi connectivity index (χ4v) is 2.52. The van der Waals surface area contributed by atoms with Crippen molar-refractivity contribution in [1.29, 1.82) is 0 Å². The van der Waals surface area contributed by atoms with Crippen LogP contribution in [0.5, 0.6) is 0 Å². The Kier molecular flexibility index (Phi) is 4.43. The highest BCUT2D eigenvalue weighted by Crippen LogP contribution is 2.19. The molecule has 0 saturated carbocycles. The molecule has 0 aromatic heterocycles. The Bertz CT molecular complexity index is 430. The van der Waals surface area contributed by atoms with Gasteiger partial charge in [0.2, 0.25) is 5.91 Å². The summed E-state index contributed by atoms with van der Waals surface area (Å²) >= 11 is 0. The number of nitrogens with one attached hydrogen (secondary N) is 1. The van der Waals surface area contributed by atoms with E-state index in [1.807, 2.05) is 11.0 Å². The van der Waals surface area contributed by atoms with Crippen LogP contribution in [-0.4, -0.2) is 36.5 Å². The first-order valence-electron chi connectivity index (χ1n) is 6.91. The summed E-state index contributed by atoms with van der Waals surface area (Å²) in [6.45, 7) is 6.04. The van der Waals surface area contributed by atoms with Crippen molar-refractivity contribution in [3.05, 3.63) is 29.3 Å². The van der Waals surface area contributed by atoms with Crippen LogP contribution in [0, 0.1) is 13.8 Å². The third-order valence-electron chi connectivity index (χ3n) is 3.79. The van der Waals surface area contributed by atoms with E-state index in [1.54, 1.807) is 0 Å². The number of para-hydroxylation sites is 1. The van der Waals surface area contributed by atoms with Crippen LogP contribution in [0.2, 0.25) is 0 Å². The molecule has 1 amide bonds.